The van der Waals surface area contributed by atoms with Gasteiger partial charge in [-0.05, 0) is 40.8 Å². The molecule has 8 heteroatoms. The molecule has 0 aliphatic carbocycles. The summed E-state index contributed by atoms with van der Waals surface area (Å²) in [6.07, 6.45) is -3.05. The predicted molar refractivity (Wildman–Crippen MR) is 91.5 cm³/mol. The van der Waals surface area contributed by atoms with Crippen LogP contribution in [0.5, 0.6) is 0 Å². The largest absolute Gasteiger partial charge is 0.422 e. The molecule has 1 aliphatic rings. The van der Waals surface area contributed by atoms with Crippen LogP contribution in [0.25, 0.3) is 11.0 Å². The van der Waals surface area contributed by atoms with Crippen molar-refractivity contribution in [2.24, 2.45) is 0 Å². The Labute approximate surface area is 145 Å². The number of benzene rings is 1. The maximum atomic E-state index is 11.6. The summed E-state index contributed by atoms with van der Waals surface area (Å²) in [7, 11) is 0. The fourth-order valence-electron chi connectivity index (χ4n) is 2.56. The second-order valence-electron chi connectivity index (χ2n) is 5.42. The molecule has 3 unspecified atom stereocenters. The lowest BCUT2D eigenvalue weighted by Gasteiger charge is -2.37. The van der Waals surface area contributed by atoms with Gasteiger partial charge in [0.05, 0.1) is 22.8 Å². The van der Waals surface area contributed by atoms with Gasteiger partial charge in [-0.2, -0.15) is 0 Å². The molecule has 2 aromatic rings. The quantitative estimate of drug-likeness (QED) is 0.407. The second kappa shape index (κ2) is 6.73. The summed E-state index contributed by atoms with van der Waals surface area (Å²) >= 11 is 1.92. The number of halogens is 1. The minimum absolute atomic E-state index is 0.137. The van der Waals surface area contributed by atoms with Gasteiger partial charge in [0.2, 0.25) is 0 Å². The van der Waals surface area contributed by atoms with Crippen molar-refractivity contribution in [1.29, 1.82) is 0 Å². The van der Waals surface area contributed by atoms with E-state index in [1.807, 2.05) is 22.6 Å². The molecule has 0 saturated carbocycles. The summed E-state index contributed by atoms with van der Waals surface area (Å²) in [5, 5.41) is 32.9. The number of hydrogen-bond acceptors (Lipinski definition) is 7. The van der Waals surface area contributed by atoms with Gasteiger partial charge in [-0.1, -0.05) is 0 Å². The topological polar surface area (TPSA) is 112 Å². The molecule has 0 spiro atoms. The Morgan fingerprint density at radius 3 is 2.78 bits per heavy atom. The highest BCUT2D eigenvalue weighted by molar-refractivity contribution is 14.1. The van der Waals surface area contributed by atoms with Crippen molar-refractivity contribution in [3.05, 3.63) is 38.3 Å². The van der Waals surface area contributed by atoms with Crippen LogP contribution in [0.4, 0.5) is 5.69 Å². The normalized spacial score (nSPS) is 28.0. The minimum Gasteiger partial charge on any atom is -0.422 e. The van der Waals surface area contributed by atoms with E-state index >= 15 is 0 Å². The van der Waals surface area contributed by atoms with Crippen LogP contribution in [0.3, 0.4) is 0 Å². The van der Waals surface area contributed by atoms with Crippen molar-refractivity contribution in [1.82, 2.24) is 0 Å². The third kappa shape index (κ3) is 3.36. The number of ether oxygens (including phenoxy) is 1. The van der Waals surface area contributed by atoms with Crippen molar-refractivity contribution in [2.45, 2.75) is 24.4 Å². The lowest BCUT2D eigenvalue weighted by molar-refractivity contribution is -0.152. The van der Waals surface area contributed by atoms with E-state index in [2.05, 4.69) is 5.32 Å². The molecule has 0 bridgehead atoms. The lowest BCUT2D eigenvalue weighted by Crippen LogP contribution is -2.56. The van der Waals surface area contributed by atoms with Gasteiger partial charge in [-0.3, -0.25) is 0 Å². The van der Waals surface area contributed by atoms with Gasteiger partial charge >= 0.3 is 5.63 Å². The molecule has 1 aliphatic heterocycles. The van der Waals surface area contributed by atoms with Crippen molar-refractivity contribution in [3.8, 4) is 0 Å². The molecule has 4 N–H and O–H groups in total. The average Bonchev–Trinajstić information content (AvgIpc) is 2.53. The van der Waals surface area contributed by atoms with Crippen molar-refractivity contribution >= 4 is 39.2 Å². The Kier molecular flexibility index (Phi) is 4.87. The van der Waals surface area contributed by atoms with E-state index in [-0.39, 0.29) is 13.2 Å². The Hall–Kier alpha value is -1.20. The van der Waals surface area contributed by atoms with E-state index in [0.717, 1.165) is 5.39 Å². The number of fused-ring (bicyclic) bond motifs is 1. The first kappa shape index (κ1) is 16.7. The molecule has 0 amide bonds. The first-order valence-corrected chi connectivity index (χ1v) is 8.16. The van der Waals surface area contributed by atoms with Gasteiger partial charge in [-0.15, -0.1) is 0 Å². The molecule has 2 heterocycles. The average molecular weight is 433 g/mol. The van der Waals surface area contributed by atoms with Gasteiger partial charge in [0.1, 0.15) is 23.9 Å². The molecule has 0 radical (unpaired) electrons. The van der Waals surface area contributed by atoms with E-state index in [4.69, 9.17) is 14.3 Å². The van der Waals surface area contributed by atoms with Crippen molar-refractivity contribution in [3.63, 3.8) is 0 Å². The van der Waals surface area contributed by atoms with Gasteiger partial charge < -0.3 is 29.8 Å². The summed E-state index contributed by atoms with van der Waals surface area (Å²) in [6, 6.07) is 6.44. The molecule has 7 nitrogen and oxygen atoms in total. The monoisotopic (exact) mass is 433 g/mol. The van der Waals surface area contributed by atoms with Crippen molar-refractivity contribution in [2.75, 3.05) is 18.5 Å². The summed E-state index contributed by atoms with van der Waals surface area (Å²) in [5.41, 5.74) is 0.655. The number of anilines is 1. The Bertz CT molecular complexity index is 763. The van der Waals surface area contributed by atoms with Crippen LogP contribution in [-0.4, -0.2) is 52.9 Å². The van der Waals surface area contributed by atoms with Crippen molar-refractivity contribution < 1.29 is 24.5 Å². The molecule has 1 fully saturated rings. The van der Waals surface area contributed by atoms with Crippen LogP contribution in [0, 0.1) is 3.57 Å². The molecule has 23 heavy (non-hydrogen) atoms. The first-order valence-electron chi connectivity index (χ1n) is 7.08. The second-order valence-corrected chi connectivity index (χ2v) is 6.58. The number of aliphatic hydroxyl groups excluding tert-OH is 3. The number of aliphatic hydroxyl groups is 3. The predicted octanol–water partition coefficient (Wildman–Crippen LogP) is 0.291. The molecular weight excluding hydrogens is 417 g/mol. The summed E-state index contributed by atoms with van der Waals surface area (Å²) < 4.78 is 11.1. The molecule has 1 aromatic heterocycles. The zero-order valence-electron chi connectivity index (χ0n) is 12.0. The molecule has 3 rings (SSSR count). The highest BCUT2D eigenvalue weighted by Crippen LogP contribution is 2.23. The zero-order chi connectivity index (χ0) is 16.6. The maximum absolute atomic E-state index is 11.6. The smallest absolute Gasteiger partial charge is 0.349 e. The fourth-order valence-corrected chi connectivity index (χ4v) is 3.01. The SMILES string of the molecule is O=c1oc2cc(NC3COC(CO)[C@@H](O)C3O)ccc2cc1I. The number of hydrogen-bond donors (Lipinski definition) is 4. The molecule has 4 atom stereocenters. The molecule has 124 valence electrons. The van der Waals surface area contributed by atoms with Crippen LogP contribution in [0.15, 0.2) is 33.5 Å². The highest BCUT2D eigenvalue weighted by atomic mass is 127. The van der Waals surface area contributed by atoms with Gasteiger partial charge in [-0.25, -0.2) is 4.79 Å². The summed E-state index contributed by atoms with van der Waals surface area (Å²) in [6.45, 7) is -0.219. The van der Waals surface area contributed by atoms with E-state index in [0.29, 0.717) is 14.8 Å². The minimum atomic E-state index is -1.17. The zero-order valence-corrected chi connectivity index (χ0v) is 14.1. The Morgan fingerprint density at radius 2 is 2.04 bits per heavy atom. The van der Waals surface area contributed by atoms with Crippen LogP contribution in [-0.2, 0) is 4.74 Å². The number of rotatable bonds is 3. The summed E-state index contributed by atoms with van der Waals surface area (Å²) in [4.78, 5) is 11.6. The molecule has 1 saturated heterocycles. The maximum Gasteiger partial charge on any atom is 0.349 e. The van der Waals surface area contributed by atoms with E-state index in [1.165, 1.54) is 0 Å². The van der Waals surface area contributed by atoms with E-state index in [9.17, 15) is 15.0 Å². The highest BCUT2D eigenvalue weighted by Gasteiger charge is 2.38. The van der Waals surface area contributed by atoms with Gasteiger partial charge in [0.25, 0.3) is 0 Å². The first-order chi connectivity index (χ1) is 11.0. The number of nitrogens with one attached hydrogen (secondary N) is 1. The van der Waals surface area contributed by atoms with E-state index in [1.54, 1.807) is 24.3 Å². The standard InChI is InChI=1S/C15H16INO6/c16-9-3-7-1-2-8(4-11(7)23-15(9)21)17-10-6-22-12(5-18)14(20)13(10)19/h1-4,10,12-14,17-20H,5-6H2/t10?,12?,13?,14-/m1/s1. The summed E-state index contributed by atoms with van der Waals surface area (Å²) in [5.74, 6) is 0. The third-order valence-electron chi connectivity index (χ3n) is 3.86. The molecular formula is C15H16INO6. The molecule has 1 aromatic carbocycles. The Balaban J connectivity index is 1.81. The lowest BCUT2D eigenvalue weighted by atomic mass is 9.98. The van der Waals surface area contributed by atoms with Crippen LogP contribution in [0.1, 0.15) is 0 Å². The van der Waals surface area contributed by atoms with E-state index < -0.39 is 30.0 Å². The third-order valence-corrected chi connectivity index (χ3v) is 4.61. The Morgan fingerprint density at radius 1 is 1.26 bits per heavy atom. The fraction of sp³-hybridized carbons (Fsp3) is 0.400. The van der Waals surface area contributed by atoms with Crippen LogP contribution >= 0.6 is 22.6 Å². The van der Waals surface area contributed by atoms with Crippen LogP contribution in [0.2, 0.25) is 0 Å². The van der Waals surface area contributed by atoms with Gasteiger partial charge in [0.15, 0.2) is 0 Å². The van der Waals surface area contributed by atoms with Crippen LogP contribution < -0.4 is 10.9 Å². The van der Waals surface area contributed by atoms with Gasteiger partial charge in [0, 0.05) is 17.1 Å².